The van der Waals surface area contributed by atoms with E-state index in [0.29, 0.717) is 18.8 Å². The van der Waals surface area contributed by atoms with Crippen LogP contribution in [0.4, 0.5) is 5.69 Å². The topological polar surface area (TPSA) is 56.7 Å². The van der Waals surface area contributed by atoms with Gasteiger partial charge in [0.05, 0.1) is 0 Å². The summed E-state index contributed by atoms with van der Waals surface area (Å²) in [6.45, 7) is 9.14. The van der Waals surface area contributed by atoms with E-state index in [-0.39, 0.29) is 12.5 Å². The summed E-state index contributed by atoms with van der Waals surface area (Å²) >= 11 is 0. The zero-order valence-corrected chi connectivity index (χ0v) is 12.7. The van der Waals surface area contributed by atoms with Gasteiger partial charge in [-0.05, 0) is 39.3 Å². The summed E-state index contributed by atoms with van der Waals surface area (Å²) in [5.41, 5.74) is 1.46. The van der Waals surface area contributed by atoms with Crippen molar-refractivity contribution in [2.45, 2.75) is 27.2 Å². The third kappa shape index (κ3) is 4.20. The van der Waals surface area contributed by atoms with Crippen molar-refractivity contribution in [3.63, 3.8) is 0 Å². The molecule has 0 aliphatic carbocycles. The third-order valence-electron chi connectivity index (χ3n) is 3.35. The first-order valence-corrected chi connectivity index (χ1v) is 7.28. The van der Waals surface area contributed by atoms with E-state index >= 15 is 0 Å². The second kappa shape index (κ2) is 8.53. The van der Waals surface area contributed by atoms with Crippen molar-refractivity contribution in [3.8, 4) is 0 Å². The van der Waals surface area contributed by atoms with Crippen molar-refractivity contribution in [2.24, 2.45) is 0 Å². The summed E-state index contributed by atoms with van der Waals surface area (Å²) < 4.78 is 0. The van der Waals surface area contributed by atoms with Gasteiger partial charge >= 0.3 is 0 Å². The first-order chi connectivity index (χ1) is 9.67. The van der Waals surface area contributed by atoms with E-state index < -0.39 is 0 Å². The van der Waals surface area contributed by atoms with Crippen molar-refractivity contribution in [3.05, 3.63) is 24.0 Å². The molecule has 0 radical (unpaired) electrons. The molecule has 0 bridgehead atoms. The highest BCUT2D eigenvalue weighted by Crippen LogP contribution is 2.16. The van der Waals surface area contributed by atoms with Gasteiger partial charge in [0, 0.05) is 44.7 Å². The Labute approximate surface area is 121 Å². The molecular weight excluding hydrogens is 254 g/mol. The van der Waals surface area contributed by atoms with Crippen LogP contribution in [0.2, 0.25) is 0 Å². The van der Waals surface area contributed by atoms with Crippen molar-refractivity contribution in [1.82, 2.24) is 9.88 Å². The van der Waals surface area contributed by atoms with Gasteiger partial charge in [-0.25, -0.2) is 0 Å². The lowest BCUT2D eigenvalue weighted by Gasteiger charge is -2.24. The van der Waals surface area contributed by atoms with Gasteiger partial charge in [-0.15, -0.1) is 0 Å². The Morgan fingerprint density at radius 1 is 1.25 bits per heavy atom. The Bertz CT molecular complexity index is 419. The number of anilines is 1. The fraction of sp³-hybridized carbons (Fsp3) is 0.600. The van der Waals surface area contributed by atoms with E-state index in [1.165, 1.54) is 0 Å². The molecule has 0 saturated carbocycles. The Kier molecular flexibility index (Phi) is 7.01. The summed E-state index contributed by atoms with van der Waals surface area (Å²) in [5.74, 6) is -0.0324. The largest absolute Gasteiger partial charge is 0.396 e. The SMILES string of the molecule is CCN(CC)C(=O)c1cc(N(CC)CCCO)ccn1. The lowest BCUT2D eigenvalue weighted by Crippen LogP contribution is -2.31. The number of amides is 1. The number of aliphatic hydroxyl groups excluding tert-OH is 1. The van der Waals surface area contributed by atoms with E-state index in [1.54, 1.807) is 11.1 Å². The molecule has 0 aliphatic rings. The lowest BCUT2D eigenvalue weighted by molar-refractivity contribution is 0.0767. The molecule has 5 nitrogen and oxygen atoms in total. The minimum Gasteiger partial charge on any atom is -0.396 e. The third-order valence-corrected chi connectivity index (χ3v) is 3.35. The van der Waals surface area contributed by atoms with E-state index in [4.69, 9.17) is 5.11 Å². The summed E-state index contributed by atoms with van der Waals surface area (Å²) in [6.07, 6.45) is 2.39. The normalized spacial score (nSPS) is 10.4. The Balaban J connectivity index is 2.91. The van der Waals surface area contributed by atoms with Crippen LogP contribution in [0.15, 0.2) is 18.3 Å². The molecule has 20 heavy (non-hydrogen) atoms. The molecule has 1 N–H and O–H groups in total. The number of pyridine rings is 1. The number of hydrogen-bond acceptors (Lipinski definition) is 4. The van der Waals surface area contributed by atoms with Gasteiger partial charge in [0.2, 0.25) is 0 Å². The van der Waals surface area contributed by atoms with Gasteiger partial charge in [-0.2, -0.15) is 0 Å². The Morgan fingerprint density at radius 2 is 1.95 bits per heavy atom. The molecule has 0 fully saturated rings. The smallest absolute Gasteiger partial charge is 0.272 e. The number of carbonyl (C=O) groups is 1. The highest BCUT2D eigenvalue weighted by molar-refractivity contribution is 5.93. The van der Waals surface area contributed by atoms with E-state index in [1.807, 2.05) is 26.0 Å². The second-order valence-electron chi connectivity index (χ2n) is 4.53. The van der Waals surface area contributed by atoms with Crippen LogP contribution in [0.25, 0.3) is 0 Å². The quantitative estimate of drug-likeness (QED) is 0.788. The zero-order valence-electron chi connectivity index (χ0n) is 12.7. The maximum Gasteiger partial charge on any atom is 0.272 e. The molecule has 0 aromatic carbocycles. The summed E-state index contributed by atoms with van der Waals surface area (Å²) in [7, 11) is 0. The van der Waals surface area contributed by atoms with Crippen LogP contribution in [0.5, 0.6) is 0 Å². The van der Waals surface area contributed by atoms with Gasteiger partial charge in [0.25, 0.3) is 5.91 Å². The van der Waals surface area contributed by atoms with Crippen LogP contribution >= 0.6 is 0 Å². The van der Waals surface area contributed by atoms with Crippen LogP contribution in [0.3, 0.4) is 0 Å². The summed E-state index contributed by atoms with van der Waals surface area (Å²) in [6, 6.07) is 3.74. The molecule has 112 valence electrons. The predicted octanol–water partition coefficient (Wildman–Crippen LogP) is 1.77. The molecule has 0 saturated heterocycles. The number of nitrogens with zero attached hydrogens (tertiary/aromatic N) is 3. The fourth-order valence-electron chi connectivity index (χ4n) is 2.14. The standard InChI is InChI=1S/C15H25N3O2/c1-4-17(5-2)15(20)14-12-13(8-9-16-14)18(6-3)10-7-11-19/h8-9,12,19H,4-7,10-11H2,1-3H3. The molecule has 1 aromatic rings. The molecular formula is C15H25N3O2. The van der Waals surface area contributed by atoms with Crippen LogP contribution in [0, 0.1) is 0 Å². The van der Waals surface area contributed by atoms with Gasteiger partial charge in [0.1, 0.15) is 5.69 Å². The summed E-state index contributed by atoms with van der Waals surface area (Å²) in [5, 5.41) is 8.94. The van der Waals surface area contributed by atoms with Gasteiger partial charge in [0.15, 0.2) is 0 Å². The Morgan fingerprint density at radius 3 is 2.50 bits per heavy atom. The molecule has 0 unspecified atom stereocenters. The maximum absolute atomic E-state index is 12.3. The molecule has 0 spiro atoms. The minimum absolute atomic E-state index is 0.0324. The van der Waals surface area contributed by atoms with Gasteiger partial charge in [-0.3, -0.25) is 9.78 Å². The van der Waals surface area contributed by atoms with Gasteiger partial charge in [-0.1, -0.05) is 0 Å². The zero-order chi connectivity index (χ0) is 15.0. The number of rotatable bonds is 8. The number of aliphatic hydroxyl groups is 1. The molecule has 1 heterocycles. The number of aromatic nitrogens is 1. The van der Waals surface area contributed by atoms with Crippen LogP contribution in [-0.4, -0.2) is 53.7 Å². The monoisotopic (exact) mass is 279 g/mol. The van der Waals surface area contributed by atoms with E-state index in [0.717, 1.165) is 25.2 Å². The van der Waals surface area contributed by atoms with E-state index in [9.17, 15) is 4.79 Å². The van der Waals surface area contributed by atoms with Gasteiger partial charge < -0.3 is 14.9 Å². The van der Waals surface area contributed by atoms with Crippen molar-refractivity contribution < 1.29 is 9.90 Å². The molecule has 0 aliphatic heterocycles. The van der Waals surface area contributed by atoms with Crippen LogP contribution < -0.4 is 4.90 Å². The second-order valence-corrected chi connectivity index (χ2v) is 4.53. The molecule has 5 heteroatoms. The number of carbonyl (C=O) groups excluding carboxylic acids is 1. The van der Waals surface area contributed by atoms with Crippen LogP contribution in [0.1, 0.15) is 37.7 Å². The minimum atomic E-state index is -0.0324. The molecule has 0 atom stereocenters. The molecule has 1 amide bonds. The van der Waals surface area contributed by atoms with Crippen molar-refractivity contribution >= 4 is 11.6 Å². The van der Waals surface area contributed by atoms with Crippen LogP contribution in [-0.2, 0) is 0 Å². The average molecular weight is 279 g/mol. The molecule has 1 rings (SSSR count). The highest BCUT2D eigenvalue weighted by Gasteiger charge is 2.15. The Hall–Kier alpha value is -1.62. The summed E-state index contributed by atoms with van der Waals surface area (Å²) in [4.78, 5) is 20.4. The first kappa shape index (κ1) is 16.4. The first-order valence-electron chi connectivity index (χ1n) is 7.28. The number of hydrogen-bond donors (Lipinski definition) is 1. The fourth-order valence-corrected chi connectivity index (χ4v) is 2.14. The lowest BCUT2D eigenvalue weighted by atomic mass is 10.2. The maximum atomic E-state index is 12.3. The highest BCUT2D eigenvalue weighted by atomic mass is 16.3. The van der Waals surface area contributed by atoms with Crippen molar-refractivity contribution in [1.29, 1.82) is 0 Å². The van der Waals surface area contributed by atoms with E-state index in [2.05, 4.69) is 16.8 Å². The predicted molar refractivity (Wildman–Crippen MR) is 81.1 cm³/mol. The molecule has 1 aromatic heterocycles. The van der Waals surface area contributed by atoms with Crippen molar-refractivity contribution in [2.75, 3.05) is 37.7 Å². The average Bonchev–Trinajstić information content (AvgIpc) is 2.49.